The Hall–Kier alpha value is -5.36. The van der Waals surface area contributed by atoms with Gasteiger partial charge in [-0.25, -0.2) is 4.98 Å². The molecule has 0 spiro atoms. The molecule has 0 aliphatic carbocycles. The minimum absolute atomic E-state index is 0.227. The maximum atomic E-state index is 11.6. The molecular formula is C30H27N7O2. The molecule has 39 heavy (non-hydrogen) atoms. The Morgan fingerprint density at radius 2 is 1.97 bits per heavy atom. The van der Waals surface area contributed by atoms with E-state index >= 15 is 0 Å². The molecule has 0 bridgehead atoms. The first-order valence-corrected chi connectivity index (χ1v) is 12.3. The molecule has 0 atom stereocenters. The van der Waals surface area contributed by atoms with Gasteiger partial charge in [-0.1, -0.05) is 36.9 Å². The van der Waals surface area contributed by atoms with Gasteiger partial charge in [0.15, 0.2) is 0 Å². The number of rotatable bonds is 7. The number of aryl methyl sites for hydroxylation is 3. The fourth-order valence-corrected chi connectivity index (χ4v) is 4.81. The highest BCUT2D eigenvalue weighted by Crippen LogP contribution is 2.44. The topological polar surface area (TPSA) is 124 Å². The molecular weight excluding hydrogens is 490 g/mol. The Kier molecular flexibility index (Phi) is 6.61. The van der Waals surface area contributed by atoms with Gasteiger partial charge in [0.1, 0.15) is 17.6 Å². The second-order valence-corrected chi connectivity index (χ2v) is 9.20. The molecule has 9 heteroatoms. The van der Waals surface area contributed by atoms with E-state index in [4.69, 9.17) is 10.5 Å². The molecule has 1 amide bonds. The third-order valence-corrected chi connectivity index (χ3v) is 6.61. The summed E-state index contributed by atoms with van der Waals surface area (Å²) in [4.78, 5) is 16.0. The van der Waals surface area contributed by atoms with Crippen molar-refractivity contribution in [2.45, 2.75) is 13.5 Å². The summed E-state index contributed by atoms with van der Waals surface area (Å²) in [5.74, 6) is 1.26. The van der Waals surface area contributed by atoms with Gasteiger partial charge in [0.05, 0.1) is 22.2 Å². The number of nitrogens with zero attached hydrogens (tertiary/aromatic N) is 5. The quantitative estimate of drug-likeness (QED) is 0.293. The van der Waals surface area contributed by atoms with Crippen molar-refractivity contribution in [2.75, 3.05) is 5.73 Å². The summed E-state index contributed by atoms with van der Waals surface area (Å²) in [5.41, 5.74) is 13.2. The highest BCUT2D eigenvalue weighted by atomic mass is 16.5. The van der Waals surface area contributed by atoms with E-state index in [9.17, 15) is 10.1 Å². The van der Waals surface area contributed by atoms with E-state index in [0.717, 1.165) is 33.5 Å². The van der Waals surface area contributed by atoms with Crippen LogP contribution in [0.15, 0.2) is 73.6 Å². The minimum Gasteiger partial charge on any atom is -0.438 e. The third kappa shape index (κ3) is 4.71. The van der Waals surface area contributed by atoms with Gasteiger partial charge in [-0.15, -0.1) is 5.10 Å². The first-order chi connectivity index (χ1) is 18.8. The smallest absolute Gasteiger partial charge is 0.243 e. The van der Waals surface area contributed by atoms with Gasteiger partial charge >= 0.3 is 0 Å². The Morgan fingerprint density at radius 3 is 2.62 bits per heavy atom. The zero-order chi connectivity index (χ0) is 27.7. The Balaban J connectivity index is 1.66. The summed E-state index contributed by atoms with van der Waals surface area (Å²) in [6.45, 7) is 5.91. The number of anilines is 1. The molecule has 3 heterocycles. The maximum absolute atomic E-state index is 11.6. The molecule has 0 saturated heterocycles. The van der Waals surface area contributed by atoms with Crippen molar-refractivity contribution in [1.29, 1.82) is 5.26 Å². The average Bonchev–Trinajstić information content (AvgIpc) is 3.48. The number of nitriles is 1. The van der Waals surface area contributed by atoms with Gasteiger partial charge in [0, 0.05) is 50.2 Å². The van der Waals surface area contributed by atoms with Crippen LogP contribution in [0.1, 0.15) is 16.7 Å². The van der Waals surface area contributed by atoms with Crippen LogP contribution in [-0.4, -0.2) is 25.2 Å². The van der Waals surface area contributed by atoms with Crippen LogP contribution >= 0.6 is 0 Å². The van der Waals surface area contributed by atoms with Gasteiger partial charge in [0.25, 0.3) is 0 Å². The largest absolute Gasteiger partial charge is 0.438 e. The monoisotopic (exact) mass is 517 g/mol. The summed E-state index contributed by atoms with van der Waals surface area (Å²) < 4.78 is 9.56. The van der Waals surface area contributed by atoms with Crippen LogP contribution in [0.2, 0.25) is 0 Å². The van der Waals surface area contributed by atoms with E-state index in [1.54, 1.807) is 10.7 Å². The Morgan fingerprint density at radius 1 is 1.21 bits per heavy atom. The first-order valence-electron chi connectivity index (χ1n) is 12.3. The number of nitrogen functional groups attached to an aromatic ring is 1. The van der Waals surface area contributed by atoms with Gasteiger partial charge in [-0.05, 0) is 41.8 Å². The van der Waals surface area contributed by atoms with E-state index in [0.29, 0.717) is 40.5 Å². The van der Waals surface area contributed by atoms with Crippen LogP contribution in [-0.2, 0) is 25.4 Å². The minimum atomic E-state index is -0.227. The zero-order valence-electron chi connectivity index (χ0n) is 21.9. The van der Waals surface area contributed by atoms with Crippen LogP contribution in [0, 0.1) is 18.3 Å². The zero-order valence-corrected chi connectivity index (χ0v) is 21.9. The number of pyridine rings is 1. The van der Waals surface area contributed by atoms with E-state index in [1.807, 2.05) is 74.2 Å². The van der Waals surface area contributed by atoms with Crippen molar-refractivity contribution >= 4 is 22.6 Å². The van der Waals surface area contributed by atoms with Crippen molar-refractivity contribution in [3.8, 4) is 40.1 Å². The summed E-state index contributed by atoms with van der Waals surface area (Å²) in [5, 5.41) is 17.7. The molecule has 0 radical (unpaired) electrons. The predicted molar refractivity (Wildman–Crippen MR) is 151 cm³/mol. The number of fused-ring (bicyclic) bond motifs is 1. The van der Waals surface area contributed by atoms with Crippen molar-refractivity contribution in [2.24, 2.45) is 14.1 Å². The van der Waals surface area contributed by atoms with E-state index < -0.39 is 0 Å². The number of nitrogens with one attached hydrogen (secondary N) is 1. The number of amides is 1. The highest BCUT2D eigenvalue weighted by Gasteiger charge is 2.24. The second kappa shape index (κ2) is 10.2. The van der Waals surface area contributed by atoms with E-state index in [1.165, 1.54) is 12.3 Å². The number of ether oxygens (including phenoxy) is 1. The molecule has 3 N–H and O–H groups in total. The summed E-state index contributed by atoms with van der Waals surface area (Å²) in [6.07, 6.45) is 4.57. The number of aromatic nitrogens is 4. The Labute approximate surface area is 225 Å². The molecule has 5 aromatic rings. The first kappa shape index (κ1) is 25.3. The van der Waals surface area contributed by atoms with Crippen molar-refractivity contribution in [3.05, 3.63) is 90.3 Å². The lowest BCUT2D eigenvalue weighted by Gasteiger charge is -2.14. The van der Waals surface area contributed by atoms with Gasteiger partial charge in [-0.3, -0.25) is 9.48 Å². The number of hydrogen-bond acceptors (Lipinski definition) is 6. The molecule has 0 fully saturated rings. The van der Waals surface area contributed by atoms with Crippen LogP contribution < -0.4 is 15.8 Å². The van der Waals surface area contributed by atoms with Crippen LogP contribution in [0.5, 0.6) is 11.6 Å². The van der Waals surface area contributed by atoms with Gasteiger partial charge in [-0.2, -0.15) is 5.26 Å². The fourth-order valence-electron chi connectivity index (χ4n) is 4.81. The predicted octanol–water partition coefficient (Wildman–Crippen LogP) is 5.00. The van der Waals surface area contributed by atoms with Crippen molar-refractivity contribution in [1.82, 2.24) is 24.6 Å². The standard InChI is InChI=1S/C30H27N7O2/c1-5-24(38)33-16-19-6-11-23(18(2)14-19)29-26(27-28(37(29)4)21(15-31)17-34-30(27)32)20-7-9-22(10-8-20)39-25-12-13-36(3)35-25/h5-14,17H,1,16H2,2-4H3,(H2,32,34)(H,33,38). The molecule has 0 unspecified atom stereocenters. The number of hydrogen-bond donors (Lipinski definition) is 2. The molecule has 9 nitrogen and oxygen atoms in total. The van der Waals surface area contributed by atoms with E-state index in [-0.39, 0.29) is 5.91 Å². The molecule has 3 aromatic heterocycles. The highest BCUT2D eigenvalue weighted by molar-refractivity contribution is 6.11. The lowest BCUT2D eigenvalue weighted by Crippen LogP contribution is -2.19. The summed E-state index contributed by atoms with van der Waals surface area (Å²) >= 11 is 0. The lowest BCUT2D eigenvalue weighted by atomic mass is 9.95. The molecule has 0 aliphatic rings. The average molecular weight is 518 g/mol. The van der Waals surface area contributed by atoms with Crippen molar-refractivity contribution < 1.29 is 9.53 Å². The summed E-state index contributed by atoms with van der Waals surface area (Å²) in [7, 11) is 3.76. The molecule has 194 valence electrons. The molecule has 2 aromatic carbocycles. The van der Waals surface area contributed by atoms with Crippen molar-refractivity contribution in [3.63, 3.8) is 0 Å². The SMILES string of the molecule is C=CC(=O)NCc1ccc(-c2c(-c3ccc(Oc4ccn(C)n4)cc3)c3c(N)ncc(C#N)c3n2C)c(C)c1. The summed E-state index contributed by atoms with van der Waals surface area (Å²) in [6, 6.07) is 17.8. The number of carbonyl (C=O) groups excluding carboxylic acids is 1. The van der Waals surface area contributed by atoms with Gasteiger partial charge < -0.3 is 20.4 Å². The molecule has 5 rings (SSSR count). The maximum Gasteiger partial charge on any atom is 0.243 e. The Bertz CT molecular complexity index is 1770. The normalized spacial score (nSPS) is 10.8. The van der Waals surface area contributed by atoms with Crippen LogP contribution in [0.4, 0.5) is 5.82 Å². The second-order valence-electron chi connectivity index (χ2n) is 9.20. The number of carbonyl (C=O) groups is 1. The van der Waals surface area contributed by atoms with Gasteiger partial charge in [0.2, 0.25) is 11.8 Å². The van der Waals surface area contributed by atoms with Crippen LogP contribution in [0.3, 0.4) is 0 Å². The third-order valence-electron chi connectivity index (χ3n) is 6.61. The number of nitrogens with two attached hydrogens (primary N) is 1. The lowest BCUT2D eigenvalue weighted by molar-refractivity contribution is -0.116. The van der Waals surface area contributed by atoms with Crippen LogP contribution in [0.25, 0.3) is 33.3 Å². The van der Waals surface area contributed by atoms with E-state index in [2.05, 4.69) is 28.0 Å². The molecule has 0 saturated carbocycles. The molecule has 0 aliphatic heterocycles. The fraction of sp³-hybridized carbons (Fsp3) is 0.133. The number of benzene rings is 2.